The van der Waals surface area contributed by atoms with E-state index in [0.717, 1.165) is 41.4 Å². The first-order chi connectivity index (χ1) is 23.9. The van der Waals surface area contributed by atoms with Gasteiger partial charge in [-0.05, 0) is 121 Å². The van der Waals surface area contributed by atoms with Gasteiger partial charge in [0.25, 0.3) is 0 Å². The molecular weight excluding hydrogens is 619 g/mol. The Hall–Kier alpha value is -4.30. The van der Waals surface area contributed by atoms with E-state index < -0.39 is 0 Å². The highest BCUT2D eigenvalue weighted by Crippen LogP contribution is 2.62. The van der Waals surface area contributed by atoms with Gasteiger partial charge in [0.1, 0.15) is 0 Å². The van der Waals surface area contributed by atoms with E-state index >= 15 is 0 Å². The third-order valence-electron chi connectivity index (χ3n) is 14.0. The highest BCUT2D eigenvalue weighted by molar-refractivity contribution is 5.90. The normalized spacial score (nSPS) is 17.0. The zero-order valence-electron chi connectivity index (χ0n) is 33.1. The third-order valence-corrected chi connectivity index (χ3v) is 14.0. The summed E-state index contributed by atoms with van der Waals surface area (Å²) in [7, 11) is 0. The van der Waals surface area contributed by atoms with Gasteiger partial charge in [-0.2, -0.15) is 0 Å². The molecule has 7 rings (SSSR count). The first kappa shape index (κ1) is 35.1. The molecule has 0 aromatic heterocycles. The third kappa shape index (κ3) is 5.35. The van der Waals surface area contributed by atoms with E-state index in [4.69, 9.17) is 4.74 Å². The maximum Gasteiger partial charge on any atom is 0.151 e. The van der Waals surface area contributed by atoms with Gasteiger partial charge in [0.15, 0.2) is 11.5 Å². The lowest BCUT2D eigenvalue weighted by Crippen LogP contribution is -2.42. The molecule has 0 bridgehead atoms. The molecule has 5 aromatic rings. The first-order valence-electron chi connectivity index (χ1n) is 19.1. The molecule has 0 saturated carbocycles. The molecule has 1 aliphatic heterocycles. The summed E-state index contributed by atoms with van der Waals surface area (Å²) in [5.41, 5.74) is 14.3. The maximum absolute atomic E-state index is 6.70. The number of anilines is 3. The number of hydrogen-bond donors (Lipinski definition) is 0. The van der Waals surface area contributed by atoms with Crippen LogP contribution in [-0.4, -0.2) is 0 Å². The number of hydrogen-bond acceptors (Lipinski definition) is 2. The number of fused-ring (bicyclic) bond motifs is 3. The Morgan fingerprint density at radius 3 is 1.55 bits per heavy atom. The molecule has 0 amide bonds. The molecule has 264 valence electrons. The van der Waals surface area contributed by atoms with Gasteiger partial charge < -0.3 is 9.64 Å². The van der Waals surface area contributed by atoms with E-state index in [2.05, 4.69) is 191 Å². The van der Waals surface area contributed by atoms with Crippen LogP contribution in [0.25, 0.3) is 22.3 Å². The van der Waals surface area contributed by atoms with Crippen LogP contribution in [0.4, 0.5) is 17.1 Å². The van der Waals surface area contributed by atoms with Gasteiger partial charge in [-0.1, -0.05) is 150 Å². The lowest BCUT2D eigenvalue weighted by Gasteiger charge is -2.44. The summed E-state index contributed by atoms with van der Waals surface area (Å²) < 4.78 is 6.70. The summed E-state index contributed by atoms with van der Waals surface area (Å²) in [4.78, 5) is 2.39. The number of ether oxygens (including phenoxy) is 1. The van der Waals surface area contributed by atoms with E-state index in [1.165, 1.54) is 44.5 Å². The molecule has 0 unspecified atom stereocenters. The van der Waals surface area contributed by atoms with Gasteiger partial charge in [-0.25, -0.2) is 0 Å². The van der Waals surface area contributed by atoms with Crippen molar-refractivity contribution in [3.63, 3.8) is 0 Å². The molecule has 5 aromatic carbocycles. The molecule has 2 heteroatoms. The second kappa shape index (κ2) is 11.9. The Labute approximate surface area is 307 Å². The Kier molecular flexibility index (Phi) is 8.18. The van der Waals surface area contributed by atoms with Gasteiger partial charge in [0.2, 0.25) is 0 Å². The van der Waals surface area contributed by atoms with Crippen molar-refractivity contribution in [1.29, 1.82) is 0 Å². The summed E-state index contributed by atoms with van der Waals surface area (Å²) in [6, 6.07) is 38.4. The Bertz CT molecular complexity index is 2130. The standard InChI is InChI=1S/C49H57NO/c1-13-45(3,4)37-24-20-32(28-39(37)46(5,6)14-2)34-22-26-43-41(30-34)50(36-18-16-15-17-19-36)42-31-35(23-27-44(42)51-43)33-21-25-38-40(29-33)48(9,10)49(11,12)47(38,7)8/h15-31H,13-14H2,1-12H3. The lowest BCUT2D eigenvalue weighted by atomic mass is 9.59. The highest BCUT2D eigenvalue weighted by Gasteiger charge is 2.56. The average Bonchev–Trinajstić information content (AvgIpc) is 3.23. The van der Waals surface area contributed by atoms with Crippen molar-refractivity contribution in [2.75, 3.05) is 4.90 Å². The Morgan fingerprint density at radius 2 is 0.980 bits per heavy atom. The Balaban J connectivity index is 1.36. The lowest BCUT2D eigenvalue weighted by molar-refractivity contribution is 0.125. The van der Waals surface area contributed by atoms with Crippen molar-refractivity contribution in [2.45, 2.75) is 118 Å². The molecule has 0 spiro atoms. The largest absolute Gasteiger partial charge is 0.453 e. The molecule has 2 nitrogen and oxygen atoms in total. The predicted octanol–water partition coefficient (Wildman–Crippen LogP) is 14.6. The number of para-hydroxylation sites is 1. The number of benzene rings is 5. The van der Waals surface area contributed by atoms with Crippen molar-refractivity contribution >= 4 is 17.1 Å². The molecular formula is C49H57NO. The van der Waals surface area contributed by atoms with E-state index in [1.54, 1.807) is 0 Å². The zero-order chi connectivity index (χ0) is 36.7. The fourth-order valence-electron chi connectivity index (χ4n) is 8.51. The van der Waals surface area contributed by atoms with E-state index in [9.17, 15) is 0 Å². The van der Waals surface area contributed by atoms with Gasteiger partial charge >= 0.3 is 0 Å². The first-order valence-corrected chi connectivity index (χ1v) is 19.1. The topological polar surface area (TPSA) is 12.5 Å². The molecule has 51 heavy (non-hydrogen) atoms. The zero-order valence-corrected chi connectivity index (χ0v) is 33.1. The van der Waals surface area contributed by atoms with Crippen molar-refractivity contribution in [3.8, 4) is 33.8 Å². The summed E-state index contributed by atoms with van der Waals surface area (Å²) in [6.45, 7) is 28.6. The molecule has 1 heterocycles. The Morgan fingerprint density at radius 1 is 0.510 bits per heavy atom. The van der Waals surface area contributed by atoms with Crippen molar-refractivity contribution < 1.29 is 4.74 Å². The summed E-state index contributed by atoms with van der Waals surface area (Å²) >= 11 is 0. The molecule has 1 aliphatic carbocycles. The van der Waals surface area contributed by atoms with Crippen molar-refractivity contribution in [2.24, 2.45) is 5.41 Å². The molecule has 0 atom stereocenters. The van der Waals surface area contributed by atoms with Gasteiger partial charge in [-0.15, -0.1) is 0 Å². The van der Waals surface area contributed by atoms with Gasteiger partial charge in [0.05, 0.1) is 11.4 Å². The fraction of sp³-hybridized carbons (Fsp3) is 0.388. The minimum atomic E-state index is 0.0429. The molecule has 0 fully saturated rings. The number of rotatable bonds is 7. The average molecular weight is 676 g/mol. The molecule has 2 aliphatic rings. The van der Waals surface area contributed by atoms with Crippen LogP contribution in [0.3, 0.4) is 0 Å². The van der Waals surface area contributed by atoms with Crippen molar-refractivity contribution in [3.05, 3.63) is 125 Å². The van der Waals surface area contributed by atoms with Crippen LogP contribution in [0.15, 0.2) is 103 Å². The molecule has 0 saturated heterocycles. The van der Waals surface area contributed by atoms with E-state index in [0.29, 0.717) is 0 Å². The smallest absolute Gasteiger partial charge is 0.151 e. The minimum Gasteiger partial charge on any atom is -0.453 e. The van der Waals surface area contributed by atoms with Crippen LogP contribution in [0, 0.1) is 5.41 Å². The van der Waals surface area contributed by atoms with Crippen LogP contribution in [0.2, 0.25) is 0 Å². The summed E-state index contributed by atoms with van der Waals surface area (Å²) in [5, 5.41) is 0. The van der Waals surface area contributed by atoms with Crippen LogP contribution in [-0.2, 0) is 21.7 Å². The highest BCUT2D eigenvalue weighted by atomic mass is 16.5. The maximum atomic E-state index is 6.70. The van der Waals surface area contributed by atoms with Gasteiger partial charge in [0, 0.05) is 5.69 Å². The summed E-state index contributed by atoms with van der Waals surface area (Å²) in [5.74, 6) is 1.73. The summed E-state index contributed by atoms with van der Waals surface area (Å²) in [6.07, 6.45) is 2.18. The quantitative estimate of drug-likeness (QED) is 0.167. The number of nitrogens with zero attached hydrogens (tertiary/aromatic N) is 1. The monoisotopic (exact) mass is 675 g/mol. The molecule has 0 radical (unpaired) electrons. The van der Waals surface area contributed by atoms with Crippen LogP contribution in [0.5, 0.6) is 11.5 Å². The van der Waals surface area contributed by atoms with E-state index in [1.807, 2.05) is 0 Å². The van der Waals surface area contributed by atoms with Crippen LogP contribution < -0.4 is 9.64 Å². The van der Waals surface area contributed by atoms with Crippen LogP contribution >= 0.6 is 0 Å². The molecule has 0 N–H and O–H groups in total. The van der Waals surface area contributed by atoms with Crippen LogP contribution in [0.1, 0.15) is 118 Å². The SMILES string of the molecule is CCC(C)(C)c1ccc(-c2ccc3c(c2)N(c2ccccc2)c2cc(-c4ccc5c(c4)C(C)(C)C(C)(C)C5(C)C)ccc2O3)cc1C(C)(C)CC. The second-order valence-electron chi connectivity index (χ2n) is 18.0. The fourth-order valence-corrected chi connectivity index (χ4v) is 8.51. The second-order valence-corrected chi connectivity index (χ2v) is 18.0. The van der Waals surface area contributed by atoms with Crippen molar-refractivity contribution in [1.82, 2.24) is 0 Å². The predicted molar refractivity (Wildman–Crippen MR) is 219 cm³/mol. The minimum absolute atomic E-state index is 0.0429. The van der Waals surface area contributed by atoms with Gasteiger partial charge in [-0.3, -0.25) is 0 Å². The van der Waals surface area contributed by atoms with E-state index in [-0.39, 0.29) is 27.1 Å².